The Hall–Kier alpha value is -1.35. The second-order valence-corrected chi connectivity index (χ2v) is 5.45. The first kappa shape index (κ1) is 14.1. The molecule has 2 rings (SSSR count). The van der Waals surface area contributed by atoms with Crippen LogP contribution in [0.4, 0.5) is 5.69 Å². The van der Waals surface area contributed by atoms with Gasteiger partial charge in [-0.25, -0.2) is 0 Å². The van der Waals surface area contributed by atoms with E-state index >= 15 is 0 Å². The van der Waals surface area contributed by atoms with Crippen LogP contribution in [0.5, 0.6) is 0 Å². The van der Waals surface area contributed by atoms with Crippen LogP contribution in [0.25, 0.3) is 0 Å². The summed E-state index contributed by atoms with van der Waals surface area (Å²) in [6.07, 6.45) is 8.23. The SMILES string of the molecule is O=C(CCC1CCCCC1)Nc1ccc(CO)cc1. The normalized spacial score (nSPS) is 16.3. The van der Waals surface area contributed by atoms with Crippen molar-refractivity contribution in [3.8, 4) is 0 Å². The fourth-order valence-electron chi connectivity index (χ4n) is 2.73. The van der Waals surface area contributed by atoms with Crippen LogP contribution in [0.1, 0.15) is 50.5 Å². The third-order valence-electron chi connectivity index (χ3n) is 3.92. The molecule has 1 aromatic rings. The molecule has 19 heavy (non-hydrogen) atoms. The highest BCUT2D eigenvalue weighted by Crippen LogP contribution is 2.27. The van der Waals surface area contributed by atoms with E-state index in [1.165, 1.54) is 32.1 Å². The molecule has 104 valence electrons. The minimum absolute atomic E-state index is 0.0376. The topological polar surface area (TPSA) is 49.3 Å². The molecule has 1 aliphatic carbocycles. The maximum absolute atomic E-state index is 11.8. The Labute approximate surface area is 115 Å². The summed E-state index contributed by atoms with van der Waals surface area (Å²) in [5.41, 5.74) is 1.67. The van der Waals surface area contributed by atoms with Crippen molar-refractivity contribution < 1.29 is 9.90 Å². The highest BCUT2D eigenvalue weighted by molar-refractivity contribution is 5.90. The van der Waals surface area contributed by atoms with Crippen molar-refractivity contribution in [2.45, 2.75) is 51.6 Å². The summed E-state index contributed by atoms with van der Waals surface area (Å²) in [5.74, 6) is 0.846. The molecule has 0 aromatic heterocycles. The number of hydrogen-bond donors (Lipinski definition) is 2. The minimum atomic E-state index is 0.0376. The molecule has 0 aliphatic heterocycles. The largest absolute Gasteiger partial charge is 0.392 e. The number of carbonyl (C=O) groups is 1. The van der Waals surface area contributed by atoms with E-state index in [4.69, 9.17) is 5.11 Å². The van der Waals surface area contributed by atoms with E-state index in [1.807, 2.05) is 24.3 Å². The average molecular weight is 261 g/mol. The van der Waals surface area contributed by atoms with Crippen molar-refractivity contribution in [3.05, 3.63) is 29.8 Å². The summed E-state index contributed by atoms with van der Waals surface area (Å²) in [4.78, 5) is 11.8. The number of aliphatic hydroxyl groups excluding tert-OH is 1. The second kappa shape index (κ2) is 7.29. The van der Waals surface area contributed by atoms with Crippen LogP contribution in [0.2, 0.25) is 0 Å². The highest BCUT2D eigenvalue weighted by atomic mass is 16.3. The Morgan fingerprint density at radius 2 is 1.84 bits per heavy atom. The molecule has 0 bridgehead atoms. The summed E-state index contributed by atoms with van der Waals surface area (Å²) in [7, 11) is 0. The van der Waals surface area contributed by atoms with Crippen molar-refractivity contribution in [3.63, 3.8) is 0 Å². The van der Waals surface area contributed by atoms with Gasteiger partial charge in [0, 0.05) is 12.1 Å². The first-order chi connectivity index (χ1) is 9.28. The van der Waals surface area contributed by atoms with Gasteiger partial charge in [-0.05, 0) is 30.0 Å². The van der Waals surface area contributed by atoms with E-state index in [1.54, 1.807) is 0 Å². The van der Waals surface area contributed by atoms with Crippen LogP contribution in [0.3, 0.4) is 0 Å². The molecule has 1 fully saturated rings. The Balaban J connectivity index is 1.73. The zero-order valence-corrected chi connectivity index (χ0v) is 11.4. The first-order valence-corrected chi connectivity index (χ1v) is 7.27. The fraction of sp³-hybridized carbons (Fsp3) is 0.562. The number of hydrogen-bond acceptors (Lipinski definition) is 2. The van der Waals surface area contributed by atoms with Crippen molar-refractivity contribution in [2.75, 3.05) is 5.32 Å². The number of amides is 1. The van der Waals surface area contributed by atoms with Gasteiger partial charge in [0.25, 0.3) is 0 Å². The molecular formula is C16H23NO2. The van der Waals surface area contributed by atoms with Crippen LogP contribution in [-0.4, -0.2) is 11.0 Å². The van der Waals surface area contributed by atoms with E-state index in [9.17, 15) is 4.79 Å². The molecule has 2 N–H and O–H groups in total. The smallest absolute Gasteiger partial charge is 0.224 e. The summed E-state index contributed by atoms with van der Waals surface area (Å²) < 4.78 is 0. The molecule has 0 saturated heterocycles. The molecule has 0 radical (unpaired) electrons. The number of aliphatic hydroxyl groups is 1. The Morgan fingerprint density at radius 1 is 1.16 bits per heavy atom. The lowest BCUT2D eigenvalue weighted by atomic mass is 9.86. The third kappa shape index (κ3) is 4.67. The molecule has 3 nitrogen and oxygen atoms in total. The summed E-state index contributed by atoms with van der Waals surface area (Å²) in [6, 6.07) is 7.33. The van der Waals surface area contributed by atoms with Gasteiger partial charge in [0.1, 0.15) is 0 Å². The van der Waals surface area contributed by atoms with Gasteiger partial charge in [-0.3, -0.25) is 4.79 Å². The first-order valence-electron chi connectivity index (χ1n) is 7.27. The third-order valence-corrected chi connectivity index (χ3v) is 3.92. The van der Waals surface area contributed by atoms with Gasteiger partial charge in [-0.15, -0.1) is 0 Å². The monoisotopic (exact) mass is 261 g/mol. The van der Waals surface area contributed by atoms with Gasteiger partial charge in [0.2, 0.25) is 5.91 Å². The number of anilines is 1. The van der Waals surface area contributed by atoms with Gasteiger partial charge < -0.3 is 10.4 Å². The second-order valence-electron chi connectivity index (χ2n) is 5.45. The van der Waals surface area contributed by atoms with Crippen LogP contribution in [0, 0.1) is 5.92 Å². The predicted molar refractivity (Wildman–Crippen MR) is 76.8 cm³/mol. The van der Waals surface area contributed by atoms with Crippen molar-refractivity contribution in [2.24, 2.45) is 5.92 Å². The molecule has 1 saturated carbocycles. The van der Waals surface area contributed by atoms with Crippen molar-refractivity contribution >= 4 is 11.6 Å². The van der Waals surface area contributed by atoms with Gasteiger partial charge >= 0.3 is 0 Å². The van der Waals surface area contributed by atoms with Crippen LogP contribution in [-0.2, 0) is 11.4 Å². The van der Waals surface area contributed by atoms with Gasteiger partial charge in [-0.2, -0.15) is 0 Å². The summed E-state index contributed by atoms with van der Waals surface area (Å²) in [5, 5.41) is 11.9. The van der Waals surface area contributed by atoms with E-state index in [0.29, 0.717) is 6.42 Å². The van der Waals surface area contributed by atoms with Gasteiger partial charge in [0.05, 0.1) is 6.61 Å². The quantitative estimate of drug-likeness (QED) is 0.852. The molecule has 1 aromatic carbocycles. The van der Waals surface area contributed by atoms with Gasteiger partial charge in [0.15, 0.2) is 0 Å². The molecule has 3 heteroatoms. The lowest BCUT2D eigenvalue weighted by molar-refractivity contribution is -0.116. The average Bonchev–Trinajstić information content (AvgIpc) is 2.47. The van der Waals surface area contributed by atoms with Gasteiger partial charge in [-0.1, -0.05) is 44.2 Å². The van der Waals surface area contributed by atoms with Crippen LogP contribution < -0.4 is 5.32 Å². The molecule has 0 spiro atoms. The van der Waals surface area contributed by atoms with E-state index in [2.05, 4.69) is 5.32 Å². The number of nitrogens with one attached hydrogen (secondary N) is 1. The molecule has 0 unspecified atom stereocenters. The van der Waals surface area contributed by atoms with E-state index in [0.717, 1.165) is 23.6 Å². The minimum Gasteiger partial charge on any atom is -0.392 e. The summed E-state index contributed by atoms with van der Waals surface area (Å²) >= 11 is 0. The van der Waals surface area contributed by atoms with Crippen LogP contribution in [0.15, 0.2) is 24.3 Å². The number of rotatable bonds is 5. The number of benzene rings is 1. The van der Waals surface area contributed by atoms with Crippen molar-refractivity contribution in [1.29, 1.82) is 0 Å². The number of carbonyl (C=O) groups excluding carboxylic acids is 1. The maximum Gasteiger partial charge on any atom is 0.224 e. The molecule has 1 aliphatic rings. The standard InChI is InChI=1S/C16H23NO2/c18-12-14-6-9-15(10-7-14)17-16(19)11-8-13-4-2-1-3-5-13/h6-7,9-10,13,18H,1-5,8,11-12H2,(H,17,19). The summed E-state index contributed by atoms with van der Waals surface area (Å²) in [6.45, 7) is 0.0376. The molecular weight excluding hydrogens is 238 g/mol. The lowest BCUT2D eigenvalue weighted by Crippen LogP contribution is -2.14. The predicted octanol–water partition coefficient (Wildman–Crippen LogP) is 3.48. The Kier molecular flexibility index (Phi) is 5.40. The van der Waals surface area contributed by atoms with E-state index in [-0.39, 0.29) is 12.5 Å². The van der Waals surface area contributed by atoms with E-state index < -0.39 is 0 Å². The zero-order valence-electron chi connectivity index (χ0n) is 11.4. The van der Waals surface area contributed by atoms with Crippen molar-refractivity contribution in [1.82, 2.24) is 0 Å². The molecule has 1 amide bonds. The fourth-order valence-corrected chi connectivity index (χ4v) is 2.73. The zero-order chi connectivity index (χ0) is 13.5. The Morgan fingerprint density at radius 3 is 2.47 bits per heavy atom. The Bertz CT molecular complexity index is 394. The highest BCUT2D eigenvalue weighted by Gasteiger charge is 2.14. The molecule has 0 atom stereocenters. The molecule has 0 heterocycles. The lowest BCUT2D eigenvalue weighted by Gasteiger charge is -2.21. The van der Waals surface area contributed by atoms with Crippen LogP contribution >= 0.6 is 0 Å². The maximum atomic E-state index is 11.8.